The fourth-order valence-electron chi connectivity index (χ4n) is 5.44. The Morgan fingerprint density at radius 1 is 0.587 bits per heavy atom. The summed E-state index contributed by atoms with van der Waals surface area (Å²) in [6.07, 6.45) is -5.68. The zero-order valence-electron chi connectivity index (χ0n) is 34.7. The summed E-state index contributed by atoms with van der Waals surface area (Å²) in [5.41, 5.74) is 1.67. The van der Waals surface area contributed by atoms with E-state index in [0.717, 1.165) is 18.7 Å². The van der Waals surface area contributed by atoms with Gasteiger partial charge in [-0.25, -0.2) is 0 Å². The molecule has 25 heteroatoms. The van der Waals surface area contributed by atoms with Crippen molar-refractivity contribution in [2.75, 3.05) is 46.7 Å². The number of nitrogens with zero attached hydrogens (tertiary/aromatic N) is 2. The lowest BCUT2D eigenvalue weighted by molar-refractivity contribution is -0.151. The minimum atomic E-state index is -1.46. The van der Waals surface area contributed by atoms with Gasteiger partial charge >= 0.3 is 23.9 Å². The number of esters is 4. The number of carbonyl (C=O) groups is 8. The molecule has 4 amide bonds. The number of halogens is 6. The first-order valence-corrected chi connectivity index (χ1v) is 25.0. The van der Waals surface area contributed by atoms with Gasteiger partial charge in [0.1, 0.15) is 25.4 Å². The summed E-state index contributed by atoms with van der Waals surface area (Å²) in [7, 11) is 0. The molecule has 0 spiro atoms. The molecule has 0 aliphatic rings. The van der Waals surface area contributed by atoms with Crippen molar-refractivity contribution in [1.82, 2.24) is 0 Å². The number of anilines is 4. The number of nitrogens with one attached hydrogen (secondary N) is 2. The monoisotopic (exact) mass is 1560 g/mol. The van der Waals surface area contributed by atoms with Crippen molar-refractivity contribution < 1.29 is 72.6 Å². The molecular formula is C38H44I6N4O15. The van der Waals surface area contributed by atoms with Crippen LogP contribution in [0.25, 0.3) is 0 Å². The molecule has 19 nitrogen and oxygen atoms in total. The van der Waals surface area contributed by atoms with Gasteiger partial charge in [-0.3, -0.25) is 38.4 Å². The summed E-state index contributed by atoms with van der Waals surface area (Å²) in [5, 5.41) is 35.5. The van der Waals surface area contributed by atoms with Crippen molar-refractivity contribution in [2.24, 2.45) is 0 Å². The average Bonchev–Trinajstić information content (AvgIpc) is 3.18. The lowest BCUT2D eigenvalue weighted by Crippen LogP contribution is -2.43. The van der Waals surface area contributed by atoms with E-state index in [2.05, 4.69) is 10.6 Å². The maximum absolute atomic E-state index is 14.0. The molecular weight excluding hydrogens is 1510 g/mol. The minimum Gasteiger partial charge on any atom is -0.464 e. The first kappa shape index (κ1) is 57.6. The van der Waals surface area contributed by atoms with Gasteiger partial charge in [0.15, 0.2) is 12.2 Å². The van der Waals surface area contributed by atoms with Gasteiger partial charge in [-0.1, -0.05) is 0 Å². The van der Waals surface area contributed by atoms with Crippen LogP contribution in [0, 0.1) is 21.4 Å². The van der Waals surface area contributed by atoms with E-state index in [9.17, 15) is 53.7 Å². The Kier molecular flexibility index (Phi) is 24.4. The molecule has 0 radical (unpaired) electrons. The molecule has 0 heterocycles. The van der Waals surface area contributed by atoms with Gasteiger partial charge in [0, 0.05) is 53.6 Å². The summed E-state index contributed by atoms with van der Waals surface area (Å²) in [4.78, 5) is 105. The lowest BCUT2D eigenvalue weighted by atomic mass is 10.1. The largest absolute Gasteiger partial charge is 0.464 e. The maximum Gasteiger partial charge on any atom is 0.306 e. The third-order valence-electron chi connectivity index (χ3n) is 8.38. The zero-order chi connectivity index (χ0) is 48.2. The molecule has 0 aliphatic carbocycles. The molecule has 0 bridgehead atoms. The van der Waals surface area contributed by atoms with E-state index in [0.29, 0.717) is 32.5 Å². The van der Waals surface area contributed by atoms with Gasteiger partial charge in [0.2, 0.25) is 0 Å². The molecule has 2 aromatic carbocycles. The van der Waals surface area contributed by atoms with Crippen LogP contribution in [-0.4, -0.2) is 114 Å². The first-order valence-electron chi connectivity index (χ1n) is 18.5. The summed E-state index contributed by atoms with van der Waals surface area (Å²) in [5.74, 6) is -5.66. The first-order chi connectivity index (χ1) is 29.3. The van der Waals surface area contributed by atoms with Crippen LogP contribution in [0.5, 0.6) is 0 Å². The van der Waals surface area contributed by atoms with Crippen molar-refractivity contribution in [3.63, 3.8) is 0 Å². The summed E-state index contributed by atoms with van der Waals surface area (Å²) in [6.45, 7) is 7.20. The number of carbonyl (C=O) groups excluding carboxylic acids is 8. The second kappa shape index (κ2) is 26.7. The Bertz CT molecular complexity index is 2120. The quantitative estimate of drug-likeness (QED) is 0.0681. The molecule has 0 aliphatic heterocycles. The van der Waals surface area contributed by atoms with Crippen LogP contribution < -0.4 is 20.4 Å². The van der Waals surface area contributed by atoms with E-state index >= 15 is 0 Å². The highest BCUT2D eigenvalue weighted by Crippen LogP contribution is 2.43. The van der Waals surface area contributed by atoms with Crippen molar-refractivity contribution >= 4 is 206 Å². The molecule has 348 valence electrons. The third-order valence-corrected chi connectivity index (χ3v) is 15.2. The Morgan fingerprint density at radius 3 is 1.54 bits per heavy atom. The van der Waals surface area contributed by atoms with Crippen molar-refractivity contribution in [3.05, 3.63) is 32.5 Å². The molecule has 2 rings (SSSR count). The van der Waals surface area contributed by atoms with E-state index in [-0.39, 0.29) is 61.9 Å². The van der Waals surface area contributed by atoms with Crippen LogP contribution in [0.3, 0.4) is 0 Å². The Labute approximate surface area is 444 Å². The molecule has 4 atom stereocenters. The van der Waals surface area contributed by atoms with Gasteiger partial charge in [-0.05, 0) is 175 Å². The molecule has 5 N–H and O–H groups in total. The van der Waals surface area contributed by atoms with Gasteiger partial charge in [-0.2, -0.15) is 0 Å². The van der Waals surface area contributed by atoms with Crippen LogP contribution in [0.1, 0.15) is 66.0 Å². The van der Waals surface area contributed by atoms with Crippen molar-refractivity contribution in [3.8, 4) is 0 Å². The fourth-order valence-corrected chi connectivity index (χ4v) is 14.3. The standard InChI is InChI=1S/C38H44I6N4O15/c1-15(50)35(56)45-32-26(40)23(28(42)34(30(32)44)47(10-12-49)37(58)16(2)51)14-61-24(55)9-8-22-25(39)31(46-36(57)17(3)62-20(6)53)29(43)33(27(22)41)48(11-13-60-19(5)52)38(59)18(4)63-21(7)54/h15-18,49-51H,8-14H2,1-7H3,(H,45,56)(H,46,57). The highest BCUT2D eigenvalue weighted by Gasteiger charge is 2.34. The maximum atomic E-state index is 14.0. The predicted octanol–water partition coefficient (Wildman–Crippen LogP) is 4.75. The number of rotatable bonds is 20. The number of ether oxygens (including phenoxy) is 4. The van der Waals surface area contributed by atoms with E-state index < -0.39 is 78.5 Å². The molecule has 2 aromatic rings. The van der Waals surface area contributed by atoms with E-state index in [1.165, 1.54) is 39.5 Å². The van der Waals surface area contributed by atoms with Gasteiger partial charge in [-0.15, -0.1) is 0 Å². The van der Waals surface area contributed by atoms with Crippen LogP contribution in [0.2, 0.25) is 0 Å². The fraction of sp³-hybridized carbons (Fsp3) is 0.474. The average molecular weight is 1560 g/mol. The van der Waals surface area contributed by atoms with Crippen LogP contribution in [0.4, 0.5) is 22.7 Å². The smallest absolute Gasteiger partial charge is 0.306 e. The highest BCUT2D eigenvalue weighted by molar-refractivity contribution is 14.1. The predicted molar refractivity (Wildman–Crippen MR) is 279 cm³/mol. The lowest BCUT2D eigenvalue weighted by Gasteiger charge is -2.30. The van der Waals surface area contributed by atoms with Crippen LogP contribution >= 0.6 is 136 Å². The number of aliphatic hydroxyl groups excluding tert-OH is 3. The number of amides is 4. The molecule has 63 heavy (non-hydrogen) atoms. The normalized spacial score (nSPS) is 12.8. The number of hydrogen-bond acceptors (Lipinski definition) is 15. The molecule has 0 saturated carbocycles. The summed E-state index contributed by atoms with van der Waals surface area (Å²) in [6, 6.07) is 0. The van der Waals surface area contributed by atoms with Gasteiger partial charge in [0.25, 0.3) is 23.6 Å². The number of aliphatic hydroxyl groups is 3. The Hall–Kier alpha value is -1.54. The second-order valence-corrected chi connectivity index (χ2v) is 19.8. The zero-order valence-corrected chi connectivity index (χ0v) is 47.6. The Balaban J connectivity index is 2.75. The molecule has 0 saturated heterocycles. The third kappa shape index (κ3) is 16.1. The van der Waals surface area contributed by atoms with E-state index in [4.69, 9.17) is 18.9 Å². The van der Waals surface area contributed by atoms with E-state index in [1.54, 1.807) is 0 Å². The minimum absolute atomic E-state index is 0.0257. The Morgan fingerprint density at radius 2 is 1.06 bits per heavy atom. The summed E-state index contributed by atoms with van der Waals surface area (Å²) < 4.78 is 23.6. The molecule has 0 fully saturated rings. The van der Waals surface area contributed by atoms with Crippen molar-refractivity contribution in [2.45, 2.75) is 92.3 Å². The molecule has 4 unspecified atom stereocenters. The van der Waals surface area contributed by atoms with Gasteiger partial charge in [0.05, 0.1) is 43.0 Å². The summed E-state index contributed by atoms with van der Waals surface area (Å²) >= 11 is 11.7. The van der Waals surface area contributed by atoms with Crippen molar-refractivity contribution in [1.29, 1.82) is 0 Å². The SMILES string of the molecule is CC(=O)OCCN(C(=O)C(C)OC(C)=O)c1c(I)c(CCC(=O)OCc2c(I)c(NC(=O)C(C)O)c(I)c(N(CCO)C(=O)C(C)O)c2I)c(I)c(NC(=O)C(C)OC(C)=O)c1I. The molecule has 0 aromatic heterocycles. The topological polar surface area (TPSA) is 265 Å². The van der Waals surface area contributed by atoms with E-state index in [1.807, 2.05) is 136 Å². The van der Waals surface area contributed by atoms with Gasteiger partial charge < -0.3 is 54.7 Å². The van der Waals surface area contributed by atoms with Crippen LogP contribution in [-0.2, 0) is 70.3 Å². The second-order valence-electron chi connectivity index (χ2n) is 13.3. The number of hydrogen-bond donors (Lipinski definition) is 5. The highest BCUT2D eigenvalue weighted by atomic mass is 127. The van der Waals surface area contributed by atoms with Crippen LogP contribution in [0.15, 0.2) is 0 Å². The number of benzene rings is 2.